The highest BCUT2D eigenvalue weighted by atomic mass is 35.5. The van der Waals surface area contributed by atoms with E-state index >= 15 is 0 Å². The maximum atomic E-state index is 13.4. The summed E-state index contributed by atoms with van der Waals surface area (Å²) in [6.45, 7) is 5.16. The standard InChI is InChI=1S/C32H30Cl2N2O6S2/c33-24-5-8-26(27(34)20-24)22-4-9-28(42-17-13-35-11-15-40-16-12-35)23(18-22)19-29-30(37)36(32(43)44-29)10-1-14-41-25-6-2-21(3-7-25)31(38)39/h2-9,18-20H,1,10-17H2,(H,38,39)/b29-19-. The van der Waals surface area contributed by atoms with E-state index in [-0.39, 0.29) is 11.5 Å². The minimum atomic E-state index is -0.994. The van der Waals surface area contributed by atoms with Crippen LogP contribution in [-0.4, -0.2) is 83.7 Å². The third-order valence-corrected chi connectivity index (χ3v) is 9.00. The lowest BCUT2D eigenvalue weighted by Gasteiger charge is -2.26. The van der Waals surface area contributed by atoms with Crippen LogP contribution in [0.5, 0.6) is 11.5 Å². The van der Waals surface area contributed by atoms with Crippen LogP contribution in [0.3, 0.4) is 0 Å². The Balaban J connectivity index is 1.28. The quantitative estimate of drug-likeness (QED) is 0.128. The van der Waals surface area contributed by atoms with Crippen molar-refractivity contribution in [3.63, 3.8) is 0 Å². The van der Waals surface area contributed by atoms with Crippen molar-refractivity contribution >= 4 is 69.5 Å². The van der Waals surface area contributed by atoms with Gasteiger partial charge in [0.1, 0.15) is 22.4 Å². The number of hydrogen-bond acceptors (Lipinski definition) is 8. The lowest BCUT2D eigenvalue weighted by Crippen LogP contribution is -2.38. The lowest BCUT2D eigenvalue weighted by atomic mass is 10.0. The third kappa shape index (κ3) is 8.32. The fourth-order valence-electron chi connectivity index (χ4n) is 4.73. The van der Waals surface area contributed by atoms with Gasteiger partial charge in [0, 0.05) is 47.4 Å². The Hall–Kier alpha value is -3.12. The number of nitrogens with zero attached hydrogens (tertiary/aromatic N) is 2. The second-order valence-corrected chi connectivity index (χ2v) is 12.6. The maximum absolute atomic E-state index is 13.4. The minimum absolute atomic E-state index is 0.181. The number of thiocarbonyl (C=S) groups is 1. The van der Waals surface area contributed by atoms with Crippen LogP contribution in [0.25, 0.3) is 17.2 Å². The van der Waals surface area contributed by atoms with E-state index in [1.54, 1.807) is 29.2 Å². The van der Waals surface area contributed by atoms with Crippen molar-refractivity contribution in [2.75, 3.05) is 52.6 Å². The Morgan fingerprint density at radius 1 is 1.00 bits per heavy atom. The Labute approximate surface area is 275 Å². The largest absolute Gasteiger partial charge is 0.494 e. The van der Waals surface area contributed by atoms with Crippen LogP contribution in [0.1, 0.15) is 22.3 Å². The molecule has 2 aliphatic heterocycles. The number of carbonyl (C=O) groups is 2. The van der Waals surface area contributed by atoms with Gasteiger partial charge in [-0.1, -0.05) is 59.3 Å². The fourth-order valence-corrected chi connectivity index (χ4v) is 6.55. The molecule has 44 heavy (non-hydrogen) atoms. The number of morpholine rings is 1. The smallest absolute Gasteiger partial charge is 0.335 e. The molecule has 8 nitrogen and oxygen atoms in total. The van der Waals surface area contributed by atoms with E-state index in [9.17, 15) is 9.59 Å². The molecule has 3 aromatic rings. The number of carbonyl (C=O) groups excluding carboxylic acids is 1. The monoisotopic (exact) mass is 672 g/mol. The van der Waals surface area contributed by atoms with Gasteiger partial charge in [-0.05, 0) is 66.6 Å². The van der Waals surface area contributed by atoms with Gasteiger partial charge in [-0.15, -0.1) is 0 Å². The Bertz CT molecular complexity index is 1560. The number of benzene rings is 3. The summed E-state index contributed by atoms with van der Waals surface area (Å²) in [5, 5.41) is 10.1. The summed E-state index contributed by atoms with van der Waals surface area (Å²) in [6, 6.07) is 17.3. The highest BCUT2D eigenvalue weighted by molar-refractivity contribution is 8.26. The Morgan fingerprint density at radius 2 is 1.77 bits per heavy atom. The summed E-state index contributed by atoms with van der Waals surface area (Å²) in [6.07, 6.45) is 2.36. The minimum Gasteiger partial charge on any atom is -0.494 e. The molecule has 230 valence electrons. The number of carboxylic acids is 1. The molecule has 12 heteroatoms. The van der Waals surface area contributed by atoms with Crippen LogP contribution < -0.4 is 9.47 Å². The number of ether oxygens (including phenoxy) is 3. The summed E-state index contributed by atoms with van der Waals surface area (Å²) in [5.74, 6) is 0.0351. The molecule has 1 N–H and O–H groups in total. The first kappa shape index (κ1) is 32.3. The van der Waals surface area contributed by atoms with Crippen LogP contribution in [-0.2, 0) is 9.53 Å². The molecule has 2 fully saturated rings. The predicted octanol–water partition coefficient (Wildman–Crippen LogP) is 6.74. The van der Waals surface area contributed by atoms with Crippen LogP contribution in [0.15, 0.2) is 65.6 Å². The molecular weight excluding hydrogens is 643 g/mol. The van der Waals surface area contributed by atoms with Crippen molar-refractivity contribution in [3.8, 4) is 22.6 Å². The van der Waals surface area contributed by atoms with Crippen molar-refractivity contribution in [1.29, 1.82) is 0 Å². The molecule has 0 spiro atoms. The summed E-state index contributed by atoms with van der Waals surface area (Å²) < 4.78 is 17.9. The first-order valence-electron chi connectivity index (χ1n) is 14.0. The van der Waals surface area contributed by atoms with Crippen molar-refractivity contribution in [2.24, 2.45) is 0 Å². The average molecular weight is 674 g/mol. The molecule has 0 unspecified atom stereocenters. The van der Waals surface area contributed by atoms with Crippen LogP contribution in [0.2, 0.25) is 10.0 Å². The summed E-state index contributed by atoms with van der Waals surface area (Å²) >= 11 is 19.4. The zero-order chi connectivity index (χ0) is 31.1. The van der Waals surface area contributed by atoms with Gasteiger partial charge in [0.15, 0.2) is 0 Å². The van der Waals surface area contributed by atoms with Crippen LogP contribution in [0.4, 0.5) is 0 Å². The van der Waals surface area contributed by atoms with E-state index in [1.807, 2.05) is 30.3 Å². The van der Waals surface area contributed by atoms with Gasteiger partial charge in [0.05, 0.1) is 30.3 Å². The number of hydrogen-bond donors (Lipinski definition) is 1. The van der Waals surface area contributed by atoms with Gasteiger partial charge < -0.3 is 19.3 Å². The van der Waals surface area contributed by atoms with Gasteiger partial charge in [0.25, 0.3) is 5.91 Å². The molecule has 0 saturated carbocycles. The number of amides is 1. The number of halogens is 2. The SMILES string of the molecule is O=C(O)c1ccc(OCCCN2C(=O)/C(=C/c3cc(-c4ccc(Cl)cc4Cl)ccc3OCCN3CCOCC3)SC2=S)cc1. The predicted molar refractivity (Wildman–Crippen MR) is 178 cm³/mol. The molecule has 0 aliphatic carbocycles. The van der Waals surface area contributed by atoms with Gasteiger partial charge in [0.2, 0.25) is 0 Å². The van der Waals surface area contributed by atoms with Gasteiger partial charge in [-0.25, -0.2) is 4.79 Å². The molecule has 2 saturated heterocycles. The molecule has 5 rings (SSSR count). The second-order valence-electron chi connectivity index (χ2n) is 10.0. The second kappa shape index (κ2) is 15.2. The highest BCUT2D eigenvalue weighted by Gasteiger charge is 2.32. The average Bonchev–Trinajstić information content (AvgIpc) is 3.28. The molecule has 0 radical (unpaired) electrons. The fraction of sp³-hybridized carbons (Fsp3) is 0.281. The first-order valence-corrected chi connectivity index (χ1v) is 16.0. The molecule has 3 aromatic carbocycles. The number of carboxylic acid groups (broad SMARTS) is 1. The number of rotatable bonds is 12. The summed E-state index contributed by atoms with van der Waals surface area (Å²) in [5.41, 5.74) is 2.61. The first-order chi connectivity index (χ1) is 21.3. The molecule has 2 aliphatic rings. The normalized spacial score (nSPS) is 16.5. The van der Waals surface area contributed by atoms with Gasteiger partial charge in [-0.2, -0.15) is 0 Å². The highest BCUT2D eigenvalue weighted by Crippen LogP contribution is 2.37. The van der Waals surface area contributed by atoms with Crippen molar-refractivity contribution in [3.05, 3.63) is 86.7 Å². The Morgan fingerprint density at radius 3 is 2.50 bits per heavy atom. The van der Waals surface area contributed by atoms with Crippen molar-refractivity contribution < 1.29 is 28.9 Å². The number of aromatic carboxylic acids is 1. The maximum Gasteiger partial charge on any atom is 0.335 e. The zero-order valence-electron chi connectivity index (χ0n) is 23.7. The summed E-state index contributed by atoms with van der Waals surface area (Å²) in [7, 11) is 0. The molecule has 0 aromatic heterocycles. The van der Waals surface area contributed by atoms with E-state index < -0.39 is 5.97 Å². The number of thioether (sulfide) groups is 1. The molecule has 0 bridgehead atoms. The molecule has 0 atom stereocenters. The lowest BCUT2D eigenvalue weighted by molar-refractivity contribution is -0.122. The summed E-state index contributed by atoms with van der Waals surface area (Å²) in [4.78, 5) is 28.8. The molecular formula is C32H30Cl2N2O6S2. The van der Waals surface area contributed by atoms with Gasteiger partial charge >= 0.3 is 5.97 Å². The Kier molecular flexibility index (Phi) is 11.2. The zero-order valence-corrected chi connectivity index (χ0v) is 26.8. The third-order valence-electron chi connectivity index (χ3n) is 7.08. The van der Waals surface area contributed by atoms with E-state index in [0.29, 0.717) is 56.9 Å². The van der Waals surface area contributed by atoms with Gasteiger partial charge in [-0.3, -0.25) is 14.6 Å². The van der Waals surface area contributed by atoms with Crippen LogP contribution in [0, 0.1) is 0 Å². The molecule has 1 amide bonds. The topological polar surface area (TPSA) is 88.5 Å². The van der Waals surface area contributed by atoms with E-state index in [4.69, 9.17) is 54.7 Å². The van der Waals surface area contributed by atoms with Crippen molar-refractivity contribution in [1.82, 2.24) is 9.80 Å². The molecule has 2 heterocycles. The van der Waals surface area contributed by atoms with Crippen LogP contribution >= 0.6 is 47.2 Å². The van der Waals surface area contributed by atoms with E-state index in [2.05, 4.69) is 4.90 Å². The van der Waals surface area contributed by atoms with Crippen molar-refractivity contribution in [2.45, 2.75) is 6.42 Å². The van der Waals surface area contributed by atoms with E-state index in [1.165, 1.54) is 23.9 Å². The van der Waals surface area contributed by atoms with E-state index in [0.717, 1.165) is 49.5 Å².